The van der Waals surface area contributed by atoms with E-state index < -0.39 is 12.0 Å². The van der Waals surface area contributed by atoms with Crippen molar-refractivity contribution in [3.05, 3.63) is 41.9 Å². The first kappa shape index (κ1) is 13.4. The van der Waals surface area contributed by atoms with Crippen LogP contribution in [0.15, 0.2) is 29.1 Å². The highest BCUT2D eigenvalue weighted by molar-refractivity contribution is 5.85. The highest BCUT2D eigenvalue weighted by Gasteiger charge is 2.37. The van der Waals surface area contributed by atoms with Gasteiger partial charge in [0.2, 0.25) is 5.91 Å². The molecule has 0 bridgehead atoms. The number of amides is 1. The van der Waals surface area contributed by atoms with Gasteiger partial charge in [-0.1, -0.05) is 0 Å². The fourth-order valence-corrected chi connectivity index (χ4v) is 2.65. The van der Waals surface area contributed by atoms with E-state index in [0.29, 0.717) is 30.7 Å². The maximum absolute atomic E-state index is 12.3. The predicted octanol–water partition coefficient (Wildman–Crippen LogP) is 1.15. The zero-order valence-electron chi connectivity index (χ0n) is 11.3. The predicted molar refractivity (Wildman–Crippen MR) is 71.4 cm³/mol. The number of rotatable bonds is 4. The van der Waals surface area contributed by atoms with Crippen LogP contribution in [-0.2, 0) is 22.4 Å². The number of nitrogens with one attached hydrogen (secondary N) is 1. The van der Waals surface area contributed by atoms with Gasteiger partial charge in [0.25, 0.3) is 0 Å². The summed E-state index contributed by atoms with van der Waals surface area (Å²) in [6.07, 6.45) is 6.02. The molecule has 3 heterocycles. The van der Waals surface area contributed by atoms with Crippen molar-refractivity contribution in [2.75, 3.05) is 6.54 Å². The summed E-state index contributed by atoms with van der Waals surface area (Å²) in [6.45, 7) is 0.356. The van der Waals surface area contributed by atoms with Gasteiger partial charge in [-0.25, -0.2) is 9.78 Å². The van der Waals surface area contributed by atoms with Crippen molar-refractivity contribution >= 4 is 11.9 Å². The quantitative estimate of drug-likeness (QED) is 0.879. The number of aromatic nitrogens is 2. The van der Waals surface area contributed by atoms with Crippen LogP contribution in [0.4, 0.5) is 0 Å². The van der Waals surface area contributed by atoms with Gasteiger partial charge in [-0.3, -0.25) is 4.79 Å². The SMILES string of the molecule is O=C(O)C1c2ccoc2CCN1C(=O)CCc1ncc[nH]1. The maximum Gasteiger partial charge on any atom is 0.331 e. The standard InChI is InChI=1S/C14H15N3O4/c18-12(2-1-11-15-5-6-16-11)17-7-3-10-9(4-8-21-10)13(17)14(19)20/h4-6,8,13H,1-3,7H2,(H,15,16)(H,19,20). The molecule has 2 N–H and O–H groups in total. The molecule has 3 rings (SSSR count). The van der Waals surface area contributed by atoms with Gasteiger partial charge in [-0.2, -0.15) is 0 Å². The highest BCUT2D eigenvalue weighted by Crippen LogP contribution is 2.31. The van der Waals surface area contributed by atoms with Gasteiger partial charge < -0.3 is 19.4 Å². The number of nitrogens with zero attached hydrogens (tertiary/aromatic N) is 2. The molecule has 1 unspecified atom stereocenters. The van der Waals surface area contributed by atoms with Crippen LogP contribution < -0.4 is 0 Å². The van der Waals surface area contributed by atoms with Crippen molar-refractivity contribution in [3.63, 3.8) is 0 Å². The number of hydrogen-bond acceptors (Lipinski definition) is 4. The molecule has 0 aromatic carbocycles. The van der Waals surface area contributed by atoms with Crippen LogP contribution in [-0.4, -0.2) is 38.4 Å². The number of fused-ring (bicyclic) bond motifs is 1. The van der Waals surface area contributed by atoms with Crippen molar-refractivity contribution in [2.45, 2.75) is 25.3 Å². The van der Waals surface area contributed by atoms with Gasteiger partial charge in [-0.15, -0.1) is 0 Å². The van der Waals surface area contributed by atoms with E-state index in [-0.39, 0.29) is 12.3 Å². The van der Waals surface area contributed by atoms with Crippen LogP contribution >= 0.6 is 0 Å². The van der Waals surface area contributed by atoms with E-state index in [1.54, 1.807) is 18.5 Å². The number of imidazole rings is 1. The third-order valence-electron chi connectivity index (χ3n) is 3.65. The second kappa shape index (κ2) is 5.43. The number of carbonyl (C=O) groups is 2. The number of aromatic amines is 1. The van der Waals surface area contributed by atoms with Crippen molar-refractivity contribution in [2.24, 2.45) is 0 Å². The van der Waals surface area contributed by atoms with Crippen LogP contribution in [0.1, 0.15) is 29.6 Å². The van der Waals surface area contributed by atoms with Gasteiger partial charge in [0.15, 0.2) is 6.04 Å². The molecule has 0 saturated carbocycles. The van der Waals surface area contributed by atoms with E-state index in [4.69, 9.17) is 4.42 Å². The minimum absolute atomic E-state index is 0.189. The first-order chi connectivity index (χ1) is 10.2. The zero-order chi connectivity index (χ0) is 14.8. The minimum Gasteiger partial charge on any atom is -0.479 e. The summed E-state index contributed by atoms with van der Waals surface area (Å²) in [6, 6.07) is 0.664. The third-order valence-corrected chi connectivity index (χ3v) is 3.65. The Hall–Kier alpha value is -2.57. The zero-order valence-corrected chi connectivity index (χ0v) is 11.3. The summed E-state index contributed by atoms with van der Waals surface area (Å²) in [4.78, 5) is 32.2. The van der Waals surface area contributed by atoms with E-state index in [9.17, 15) is 14.7 Å². The Morgan fingerprint density at radius 1 is 1.52 bits per heavy atom. The molecule has 1 aliphatic rings. The van der Waals surface area contributed by atoms with E-state index in [1.807, 2.05) is 0 Å². The number of furan rings is 1. The monoisotopic (exact) mass is 289 g/mol. The third kappa shape index (κ3) is 2.54. The highest BCUT2D eigenvalue weighted by atomic mass is 16.4. The molecule has 1 amide bonds. The Morgan fingerprint density at radius 3 is 3.10 bits per heavy atom. The Bertz CT molecular complexity index is 647. The number of carboxylic acids is 1. The summed E-state index contributed by atoms with van der Waals surface area (Å²) < 4.78 is 5.27. The lowest BCUT2D eigenvalue weighted by molar-refractivity contribution is -0.151. The lowest BCUT2D eigenvalue weighted by atomic mass is 9.99. The Kier molecular flexibility index (Phi) is 3.47. The van der Waals surface area contributed by atoms with Crippen molar-refractivity contribution < 1.29 is 19.1 Å². The second-order valence-corrected chi connectivity index (χ2v) is 4.91. The number of aryl methyl sites for hydroxylation is 1. The molecule has 7 nitrogen and oxygen atoms in total. The van der Waals surface area contributed by atoms with Gasteiger partial charge in [0.05, 0.1) is 6.26 Å². The first-order valence-electron chi connectivity index (χ1n) is 6.73. The smallest absolute Gasteiger partial charge is 0.331 e. The number of H-pyrrole nitrogens is 1. The second-order valence-electron chi connectivity index (χ2n) is 4.91. The lowest BCUT2D eigenvalue weighted by Crippen LogP contribution is -2.43. The summed E-state index contributed by atoms with van der Waals surface area (Å²) in [5.41, 5.74) is 0.570. The van der Waals surface area contributed by atoms with E-state index in [1.165, 1.54) is 11.2 Å². The molecule has 2 aromatic heterocycles. The molecular formula is C14H15N3O4. The lowest BCUT2D eigenvalue weighted by Gasteiger charge is -2.32. The van der Waals surface area contributed by atoms with Gasteiger partial charge in [-0.05, 0) is 6.07 Å². The first-order valence-corrected chi connectivity index (χ1v) is 6.73. The number of carboxylic acid groups (broad SMARTS) is 1. The summed E-state index contributed by atoms with van der Waals surface area (Å²) in [7, 11) is 0. The average molecular weight is 289 g/mol. The van der Waals surface area contributed by atoms with Crippen LogP contribution in [0.5, 0.6) is 0 Å². The van der Waals surface area contributed by atoms with Crippen LogP contribution in [0.3, 0.4) is 0 Å². The molecule has 0 spiro atoms. The van der Waals surface area contributed by atoms with Crippen LogP contribution in [0.25, 0.3) is 0 Å². The maximum atomic E-state index is 12.3. The van der Waals surface area contributed by atoms with E-state index in [2.05, 4.69) is 9.97 Å². The fraction of sp³-hybridized carbons (Fsp3) is 0.357. The summed E-state index contributed by atoms with van der Waals surface area (Å²) in [5.74, 6) is 0.142. The average Bonchev–Trinajstić information content (AvgIpc) is 3.14. The molecule has 110 valence electrons. The Balaban J connectivity index is 1.74. The van der Waals surface area contributed by atoms with Gasteiger partial charge >= 0.3 is 5.97 Å². The van der Waals surface area contributed by atoms with Crippen molar-refractivity contribution in [1.82, 2.24) is 14.9 Å². The summed E-state index contributed by atoms with van der Waals surface area (Å²) >= 11 is 0. The molecule has 2 aromatic rings. The Morgan fingerprint density at radius 2 is 2.38 bits per heavy atom. The molecule has 21 heavy (non-hydrogen) atoms. The molecule has 0 aliphatic carbocycles. The summed E-state index contributed by atoms with van der Waals surface area (Å²) in [5, 5.41) is 9.42. The number of carbonyl (C=O) groups excluding carboxylic acids is 1. The normalized spacial score (nSPS) is 17.5. The topological polar surface area (TPSA) is 99.4 Å². The van der Waals surface area contributed by atoms with E-state index >= 15 is 0 Å². The van der Waals surface area contributed by atoms with Crippen molar-refractivity contribution in [3.8, 4) is 0 Å². The van der Waals surface area contributed by atoms with Crippen LogP contribution in [0, 0.1) is 0 Å². The van der Waals surface area contributed by atoms with Crippen LogP contribution in [0.2, 0.25) is 0 Å². The Labute approximate surface area is 120 Å². The van der Waals surface area contributed by atoms with E-state index in [0.717, 1.165) is 5.82 Å². The molecule has 7 heteroatoms. The molecule has 1 aliphatic heterocycles. The molecule has 0 fully saturated rings. The van der Waals surface area contributed by atoms with Gasteiger partial charge in [0.1, 0.15) is 11.6 Å². The molecule has 1 atom stereocenters. The number of aliphatic carboxylic acids is 1. The minimum atomic E-state index is -1.04. The largest absolute Gasteiger partial charge is 0.479 e. The molecule has 0 saturated heterocycles. The molecular weight excluding hydrogens is 274 g/mol. The molecule has 0 radical (unpaired) electrons. The van der Waals surface area contributed by atoms with Crippen molar-refractivity contribution in [1.29, 1.82) is 0 Å². The fourth-order valence-electron chi connectivity index (χ4n) is 2.65. The number of hydrogen-bond donors (Lipinski definition) is 2. The van der Waals surface area contributed by atoms with Gasteiger partial charge in [0, 0.05) is 43.8 Å².